The van der Waals surface area contributed by atoms with Crippen molar-refractivity contribution >= 4 is 40.0 Å². The Balaban J connectivity index is 2.17. The quantitative estimate of drug-likeness (QED) is 0.827. The zero-order valence-corrected chi connectivity index (χ0v) is 11.8. The number of thiophene rings is 1. The van der Waals surface area contributed by atoms with E-state index in [-0.39, 0.29) is 6.04 Å². The standard InChI is InChI=1S/C10H13N3S3/c1-5-4-8(7(3)15-5)6(2)11-9-12-13-10(14)16-9/h4,6H,1-3H3,(H,11,12)(H,13,14). The molecule has 2 rings (SSSR count). The van der Waals surface area contributed by atoms with Gasteiger partial charge in [0.2, 0.25) is 5.13 Å². The summed E-state index contributed by atoms with van der Waals surface area (Å²) in [5.41, 5.74) is 1.34. The molecule has 0 aliphatic heterocycles. The van der Waals surface area contributed by atoms with E-state index in [1.807, 2.05) is 11.3 Å². The predicted molar refractivity (Wildman–Crippen MR) is 73.1 cm³/mol. The maximum Gasteiger partial charge on any atom is 0.204 e. The van der Waals surface area contributed by atoms with E-state index in [0.29, 0.717) is 3.95 Å². The van der Waals surface area contributed by atoms with Crippen LogP contribution in [-0.4, -0.2) is 10.2 Å². The number of aromatic amines is 1. The van der Waals surface area contributed by atoms with Gasteiger partial charge in [-0.15, -0.1) is 16.4 Å². The molecular weight excluding hydrogens is 258 g/mol. The Hall–Kier alpha value is -0.720. The summed E-state index contributed by atoms with van der Waals surface area (Å²) in [6.45, 7) is 6.42. The van der Waals surface area contributed by atoms with E-state index in [1.165, 1.54) is 26.7 Å². The fraction of sp³-hybridized carbons (Fsp3) is 0.400. The number of hydrogen-bond acceptors (Lipinski definition) is 5. The van der Waals surface area contributed by atoms with E-state index in [2.05, 4.69) is 42.4 Å². The normalized spacial score (nSPS) is 12.7. The monoisotopic (exact) mass is 271 g/mol. The van der Waals surface area contributed by atoms with Gasteiger partial charge in [0.25, 0.3) is 0 Å². The molecule has 2 aromatic heterocycles. The van der Waals surface area contributed by atoms with E-state index < -0.39 is 0 Å². The molecular formula is C10H13N3S3. The van der Waals surface area contributed by atoms with Crippen LogP contribution >= 0.6 is 34.9 Å². The lowest BCUT2D eigenvalue weighted by Crippen LogP contribution is -2.06. The topological polar surface area (TPSA) is 40.7 Å². The maximum absolute atomic E-state index is 4.99. The number of rotatable bonds is 3. The number of hydrogen-bond donors (Lipinski definition) is 2. The largest absolute Gasteiger partial charge is 0.354 e. The van der Waals surface area contributed by atoms with Crippen LogP contribution < -0.4 is 5.32 Å². The molecule has 0 aliphatic rings. The van der Waals surface area contributed by atoms with Gasteiger partial charge in [0.05, 0.1) is 6.04 Å². The Kier molecular flexibility index (Phi) is 3.41. The number of nitrogens with zero attached hydrogens (tertiary/aromatic N) is 1. The molecule has 0 saturated heterocycles. The van der Waals surface area contributed by atoms with Crippen molar-refractivity contribution in [3.8, 4) is 0 Å². The summed E-state index contributed by atoms with van der Waals surface area (Å²) < 4.78 is 0.702. The Morgan fingerprint density at radius 1 is 1.44 bits per heavy atom. The molecule has 0 saturated carbocycles. The Labute approximate surface area is 108 Å². The Morgan fingerprint density at radius 2 is 2.19 bits per heavy atom. The minimum Gasteiger partial charge on any atom is -0.354 e. The molecule has 2 aromatic rings. The van der Waals surface area contributed by atoms with Crippen molar-refractivity contribution in [2.45, 2.75) is 26.8 Å². The molecule has 0 aliphatic carbocycles. The van der Waals surface area contributed by atoms with Crippen molar-refractivity contribution < 1.29 is 0 Å². The summed E-state index contributed by atoms with van der Waals surface area (Å²) in [5.74, 6) is 0. The van der Waals surface area contributed by atoms with E-state index in [0.717, 1.165) is 5.13 Å². The Morgan fingerprint density at radius 3 is 2.69 bits per heavy atom. The highest BCUT2D eigenvalue weighted by Crippen LogP contribution is 2.28. The first-order valence-corrected chi connectivity index (χ1v) is 6.99. The summed E-state index contributed by atoms with van der Waals surface area (Å²) >= 11 is 8.29. The van der Waals surface area contributed by atoms with Gasteiger partial charge in [-0.25, -0.2) is 0 Å². The minimum atomic E-state index is 0.263. The molecule has 0 bridgehead atoms. The van der Waals surface area contributed by atoms with Gasteiger partial charge >= 0.3 is 0 Å². The SMILES string of the molecule is Cc1cc(C(C)Nc2n[nH]c(=S)s2)c(C)s1. The number of anilines is 1. The van der Waals surface area contributed by atoms with Crippen LogP contribution in [0.3, 0.4) is 0 Å². The summed E-state index contributed by atoms with van der Waals surface area (Å²) in [6, 6.07) is 2.49. The molecule has 6 heteroatoms. The predicted octanol–water partition coefficient (Wildman–Crippen LogP) is 4.05. The van der Waals surface area contributed by atoms with Crippen LogP contribution in [0.1, 0.15) is 28.3 Å². The molecule has 3 nitrogen and oxygen atoms in total. The molecule has 0 fully saturated rings. The van der Waals surface area contributed by atoms with E-state index in [9.17, 15) is 0 Å². The highest BCUT2D eigenvalue weighted by molar-refractivity contribution is 7.73. The molecule has 0 radical (unpaired) electrons. The molecule has 0 aromatic carbocycles. The third kappa shape index (κ3) is 2.50. The molecule has 16 heavy (non-hydrogen) atoms. The van der Waals surface area contributed by atoms with Crippen LogP contribution in [0, 0.1) is 17.8 Å². The molecule has 0 amide bonds. The van der Waals surface area contributed by atoms with Gasteiger partial charge in [-0.2, -0.15) is 0 Å². The van der Waals surface area contributed by atoms with Crippen molar-refractivity contribution in [3.63, 3.8) is 0 Å². The molecule has 0 spiro atoms. The molecule has 1 atom stereocenters. The molecule has 86 valence electrons. The lowest BCUT2D eigenvalue weighted by atomic mass is 10.1. The van der Waals surface area contributed by atoms with E-state index in [4.69, 9.17) is 12.2 Å². The fourth-order valence-corrected chi connectivity index (χ4v) is 3.53. The molecule has 2 heterocycles. The highest BCUT2D eigenvalue weighted by atomic mass is 32.1. The van der Waals surface area contributed by atoms with Crippen LogP contribution in [0.15, 0.2) is 6.07 Å². The second kappa shape index (κ2) is 4.65. The van der Waals surface area contributed by atoms with Crippen LogP contribution in [0.2, 0.25) is 0 Å². The van der Waals surface area contributed by atoms with Crippen molar-refractivity contribution in [1.82, 2.24) is 10.2 Å². The zero-order valence-electron chi connectivity index (χ0n) is 9.33. The maximum atomic E-state index is 4.99. The number of aromatic nitrogens is 2. The number of nitrogens with one attached hydrogen (secondary N) is 2. The fourth-order valence-electron chi connectivity index (χ4n) is 1.63. The number of aryl methyl sites for hydroxylation is 2. The zero-order chi connectivity index (χ0) is 11.7. The number of H-pyrrole nitrogens is 1. The van der Waals surface area contributed by atoms with Crippen molar-refractivity contribution in [3.05, 3.63) is 25.3 Å². The van der Waals surface area contributed by atoms with Gasteiger partial charge in [0.15, 0.2) is 3.95 Å². The van der Waals surface area contributed by atoms with Gasteiger partial charge < -0.3 is 5.32 Å². The van der Waals surface area contributed by atoms with E-state index >= 15 is 0 Å². The first-order chi connectivity index (χ1) is 7.56. The van der Waals surface area contributed by atoms with Gasteiger partial charge in [-0.1, -0.05) is 11.3 Å². The van der Waals surface area contributed by atoms with Crippen molar-refractivity contribution in [2.24, 2.45) is 0 Å². The average Bonchev–Trinajstić information content (AvgIpc) is 2.73. The summed E-state index contributed by atoms with van der Waals surface area (Å²) in [5, 5.41) is 11.1. The van der Waals surface area contributed by atoms with E-state index in [1.54, 1.807) is 0 Å². The second-order valence-electron chi connectivity index (χ2n) is 3.65. The third-order valence-corrected chi connectivity index (χ3v) is 4.33. The molecule has 2 N–H and O–H groups in total. The van der Waals surface area contributed by atoms with Crippen LogP contribution in [0.5, 0.6) is 0 Å². The third-order valence-electron chi connectivity index (χ3n) is 2.32. The molecule has 1 unspecified atom stereocenters. The summed E-state index contributed by atoms with van der Waals surface area (Å²) in [4.78, 5) is 2.70. The lowest BCUT2D eigenvalue weighted by Gasteiger charge is -2.11. The highest BCUT2D eigenvalue weighted by Gasteiger charge is 2.12. The van der Waals surface area contributed by atoms with Gasteiger partial charge in [-0.3, -0.25) is 5.10 Å². The van der Waals surface area contributed by atoms with Gasteiger partial charge in [-0.05, 0) is 44.6 Å². The Bertz CT molecular complexity index is 537. The van der Waals surface area contributed by atoms with Crippen molar-refractivity contribution in [1.29, 1.82) is 0 Å². The summed E-state index contributed by atoms with van der Waals surface area (Å²) in [7, 11) is 0. The minimum absolute atomic E-state index is 0.263. The first kappa shape index (κ1) is 11.8. The smallest absolute Gasteiger partial charge is 0.204 e. The first-order valence-electron chi connectivity index (χ1n) is 4.95. The average molecular weight is 271 g/mol. The van der Waals surface area contributed by atoms with Gasteiger partial charge in [0, 0.05) is 9.75 Å². The van der Waals surface area contributed by atoms with Crippen LogP contribution in [-0.2, 0) is 0 Å². The van der Waals surface area contributed by atoms with Gasteiger partial charge in [0.1, 0.15) is 0 Å². The second-order valence-corrected chi connectivity index (χ2v) is 6.78. The van der Waals surface area contributed by atoms with Crippen LogP contribution in [0.25, 0.3) is 0 Å². The van der Waals surface area contributed by atoms with Crippen molar-refractivity contribution in [2.75, 3.05) is 5.32 Å². The lowest BCUT2D eigenvalue weighted by molar-refractivity contribution is 0.870. The van der Waals surface area contributed by atoms with Crippen LogP contribution in [0.4, 0.5) is 5.13 Å². The summed E-state index contributed by atoms with van der Waals surface area (Å²) in [6.07, 6.45) is 0.